The van der Waals surface area contributed by atoms with E-state index in [9.17, 15) is 0 Å². The zero-order chi connectivity index (χ0) is 17.1. The molecule has 1 aliphatic rings. The van der Waals surface area contributed by atoms with Gasteiger partial charge in [-0.3, -0.25) is 0 Å². The fourth-order valence-electron chi connectivity index (χ4n) is 3.41. The summed E-state index contributed by atoms with van der Waals surface area (Å²) < 4.78 is 4.07. The molecule has 0 saturated heterocycles. The molecule has 1 N–H and O–H groups in total. The van der Waals surface area contributed by atoms with E-state index < -0.39 is 0 Å². The lowest BCUT2D eigenvalue weighted by Crippen LogP contribution is -2.30. The van der Waals surface area contributed by atoms with Crippen LogP contribution in [0.3, 0.4) is 0 Å². The highest BCUT2D eigenvalue weighted by Gasteiger charge is 2.21. The molecule has 25 heavy (non-hydrogen) atoms. The first-order chi connectivity index (χ1) is 12.3. The summed E-state index contributed by atoms with van der Waals surface area (Å²) in [7, 11) is 0. The van der Waals surface area contributed by atoms with Gasteiger partial charge in [0, 0.05) is 25.9 Å². The summed E-state index contributed by atoms with van der Waals surface area (Å²) in [6, 6.07) is 8.42. The molecule has 4 rings (SSSR count). The second kappa shape index (κ2) is 7.14. The van der Waals surface area contributed by atoms with Gasteiger partial charge in [-0.15, -0.1) is 10.2 Å². The van der Waals surface area contributed by atoms with E-state index in [0.29, 0.717) is 5.92 Å². The quantitative estimate of drug-likeness (QED) is 0.742. The third kappa shape index (κ3) is 3.46. The summed E-state index contributed by atoms with van der Waals surface area (Å²) in [6.07, 6.45) is 6.42. The fraction of sp³-hybridized carbons (Fsp3) is 0.444. The molecule has 0 spiro atoms. The molecule has 130 valence electrons. The van der Waals surface area contributed by atoms with Crippen LogP contribution in [0.1, 0.15) is 30.6 Å². The van der Waals surface area contributed by atoms with Crippen LogP contribution < -0.4 is 5.32 Å². The smallest absolute Gasteiger partial charge is 0.138 e. The lowest BCUT2D eigenvalue weighted by molar-refractivity contribution is 0.342. The summed E-state index contributed by atoms with van der Waals surface area (Å²) in [6.45, 7) is 5.07. The van der Waals surface area contributed by atoms with Crippen LogP contribution in [0, 0.1) is 5.92 Å². The van der Waals surface area contributed by atoms with E-state index in [2.05, 4.69) is 61.4 Å². The van der Waals surface area contributed by atoms with Crippen LogP contribution in [0.5, 0.6) is 0 Å². The van der Waals surface area contributed by atoms with Crippen molar-refractivity contribution in [3.8, 4) is 5.69 Å². The highest BCUT2D eigenvalue weighted by molar-refractivity contribution is 5.33. The molecule has 0 radical (unpaired) electrons. The molecular weight excluding hydrogens is 314 g/mol. The van der Waals surface area contributed by atoms with Crippen LogP contribution in [-0.2, 0) is 25.9 Å². The topological polar surface area (TPSA) is 73.5 Å². The zero-order valence-electron chi connectivity index (χ0n) is 14.5. The molecular formula is C18H23N7. The van der Waals surface area contributed by atoms with Gasteiger partial charge in [-0.25, -0.2) is 9.67 Å². The fourth-order valence-corrected chi connectivity index (χ4v) is 3.41. The number of aromatic nitrogens is 6. The Hall–Kier alpha value is -2.54. The van der Waals surface area contributed by atoms with E-state index >= 15 is 0 Å². The summed E-state index contributed by atoms with van der Waals surface area (Å²) in [4.78, 5) is 3.98. The Bertz CT molecular complexity index is 791. The van der Waals surface area contributed by atoms with Gasteiger partial charge < -0.3 is 9.88 Å². The number of nitrogens with zero attached hydrogens (tertiary/aromatic N) is 6. The predicted molar refractivity (Wildman–Crippen MR) is 94.3 cm³/mol. The van der Waals surface area contributed by atoms with Gasteiger partial charge in [0.1, 0.15) is 24.3 Å². The van der Waals surface area contributed by atoms with Crippen molar-refractivity contribution < 1.29 is 0 Å². The predicted octanol–water partition coefficient (Wildman–Crippen LogP) is 1.77. The lowest BCUT2D eigenvalue weighted by Gasteiger charge is -2.24. The van der Waals surface area contributed by atoms with Crippen molar-refractivity contribution in [2.45, 2.75) is 39.3 Å². The van der Waals surface area contributed by atoms with Crippen LogP contribution in [0.25, 0.3) is 5.69 Å². The Morgan fingerprint density at radius 2 is 2.08 bits per heavy atom. The van der Waals surface area contributed by atoms with Crippen LogP contribution in [-0.4, -0.2) is 36.1 Å². The molecule has 1 aliphatic heterocycles. The SMILES string of the molecule is CCc1nnc2n1CC(CNCc1ccc(-n3cncn3)cc1)CC2. The van der Waals surface area contributed by atoms with E-state index in [4.69, 9.17) is 0 Å². The molecule has 0 amide bonds. The molecule has 7 nitrogen and oxygen atoms in total. The second-order valence-corrected chi connectivity index (χ2v) is 6.54. The number of nitrogens with one attached hydrogen (secondary N) is 1. The Morgan fingerprint density at radius 1 is 1.20 bits per heavy atom. The summed E-state index contributed by atoms with van der Waals surface area (Å²) >= 11 is 0. The van der Waals surface area contributed by atoms with Crippen LogP contribution >= 0.6 is 0 Å². The molecule has 0 saturated carbocycles. The Labute approximate surface area is 147 Å². The van der Waals surface area contributed by atoms with Gasteiger partial charge in [0.15, 0.2) is 0 Å². The zero-order valence-corrected chi connectivity index (χ0v) is 14.5. The maximum Gasteiger partial charge on any atom is 0.138 e. The average Bonchev–Trinajstić information content (AvgIpc) is 3.32. The first-order valence-electron chi connectivity index (χ1n) is 8.89. The van der Waals surface area contributed by atoms with Crippen molar-refractivity contribution >= 4 is 0 Å². The van der Waals surface area contributed by atoms with Gasteiger partial charge in [0.25, 0.3) is 0 Å². The standard InChI is InChI=1S/C18H23N7/c1-2-17-22-23-18-8-5-15(11-24(17)18)10-19-9-14-3-6-16(7-4-14)25-13-20-12-21-25/h3-4,6-7,12-13,15,19H,2,5,8-11H2,1H3. The van der Waals surface area contributed by atoms with Gasteiger partial charge in [-0.1, -0.05) is 19.1 Å². The van der Waals surface area contributed by atoms with E-state index in [-0.39, 0.29) is 0 Å². The first-order valence-corrected chi connectivity index (χ1v) is 8.89. The minimum absolute atomic E-state index is 0.642. The van der Waals surface area contributed by atoms with Crippen LogP contribution in [0.15, 0.2) is 36.9 Å². The van der Waals surface area contributed by atoms with Crippen LogP contribution in [0.2, 0.25) is 0 Å². The molecule has 0 aliphatic carbocycles. The largest absolute Gasteiger partial charge is 0.315 e. The maximum atomic E-state index is 4.30. The highest BCUT2D eigenvalue weighted by Crippen LogP contribution is 2.20. The number of hydrogen-bond acceptors (Lipinski definition) is 5. The van der Waals surface area contributed by atoms with Gasteiger partial charge >= 0.3 is 0 Å². The lowest BCUT2D eigenvalue weighted by atomic mass is 9.99. The molecule has 3 aromatic rings. The van der Waals surface area contributed by atoms with E-state index in [0.717, 1.165) is 49.8 Å². The highest BCUT2D eigenvalue weighted by atomic mass is 15.3. The number of fused-ring (bicyclic) bond motifs is 1. The second-order valence-electron chi connectivity index (χ2n) is 6.54. The monoisotopic (exact) mass is 337 g/mol. The van der Waals surface area contributed by atoms with Crippen molar-refractivity contribution in [2.24, 2.45) is 5.92 Å². The molecule has 2 aromatic heterocycles. The van der Waals surface area contributed by atoms with Gasteiger partial charge in [0.05, 0.1) is 5.69 Å². The third-order valence-electron chi connectivity index (χ3n) is 4.82. The number of aryl methyl sites for hydroxylation is 2. The molecule has 7 heteroatoms. The van der Waals surface area contributed by atoms with Crippen molar-refractivity contribution in [1.82, 2.24) is 34.8 Å². The molecule has 3 heterocycles. The van der Waals surface area contributed by atoms with Crippen molar-refractivity contribution in [2.75, 3.05) is 6.54 Å². The molecule has 0 bridgehead atoms. The maximum absolute atomic E-state index is 4.30. The van der Waals surface area contributed by atoms with Gasteiger partial charge in [0.2, 0.25) is 0 Å². The summed E-state index contributed by atoms with van der Waals surface area (Å²) in [5.41, 5.74) is 2.31. The molecule has 0 fully saturated rings. The molecule has 1 atom stereocenters. The minimum Gasteiger partial charge on any atom is -0.315 e. The van der Waals surface area contributed by atoms with Crippen LogP contribution in [0.4, 0.5) is 0 Å². The number of benzene rings is 1. The van der Waals surface area contributed by atoms with Gasteiger partial charge in [-0.2, -0.15) is 5.10 Å². The van der Waals surface area contributed by atoms with E-state index in [1.165, 1.54) is 12.0 Å². The third-order valence-corrected chi connectivity index (χ3v) is 4.82. The number of rotatable bonds is 6. The molecule has 1 unspecified atom stereocenters. The Morgan fingerprint density at radius 3 is 2.84 bits per heavy atom. The van der Waals surface area contributed by atoms with E-state index in [1.807, 2.05) is 0 Å². The Balaban J connectivity index is 1.29. The normalized spacial score (nSPS) is 16.8. The summed E-state index contributed by atoms with van der Waals surface area (Å²) in [5.74, 6) is 2.91. The van der Waals surface area contributed by atoms with E-state index in [1.54, 1.807) is 17.3 Å². The van der Waals surface area contributed by atoms with Crippen molar-refractivity contribution in [3.63, 3.8) is 0 Å². The Kier molecular flexibility index (Phi) is 4.56. The first kappa shape index (κ1) is 16.0. The van der Waals surface area contributed by atoms with Crippen molar-refractivity contribution in [3.05, 3.63) is 54.1 Å². The summed E-state index contributed by atoms with van der Waals surface area (Å²) in [5, 5.41) is 16.3. The average molecular weight is 337 g/mol. The molecule has 1 aromatic carbocycles. The van der Waals surface area contributed by atoms with Crippen molar-refractivity contribution in [1.29, 1.82) is 0 Å². The van der Waals surface area contributed by atoms with Gasteiger partial charge in [-0.05, 0) is 36.6 Å². The minimum atomic E-state index is 0.642. The number of hydrogen-bond donors (Lipinski definition) is 1.